The summed E-state index contributed by atoms with van der Waals surface area (Å²) in [7, 11) is 1.95. The Kier molecular flexibility index (Phi) is 4.99. The summed E-state index contributed by atoms with van der Waals surface area (Å²) < 4.78 is 3.97. The number of fused-ring (bicyclic) bond motifs is 2. The van der Waals surface area contributed by atoms with Crippen LogP contribution in [0, 0.1) is 0 Å². The number of carbonyl (C=O) groups excluding carboxylic acids is 2. The Morgan fingerprint density at radius 2 is 1.37 bits per heavy atom. The number of imidazole rings is 1. The van der Waals surface area contributed by atoms with Gasteiger partial charge in [0.2, 0.25) is 0 Å². The van der Waals surface area contributed by atoms with Crippen molar-refractivity contribution >= 4 is 52.0 Å². The number of rotatable bonds is 3. The van der Waals surface area contributed by atoms with Gasteiger partial charge in [-0.3, -0.25) is 14.2 Å². The average Bonchev–Trinajstić information content (AvgIpc) is 3.46. The molecule has 0 saturated heterocycles. The van der Waals surface area contributed by atoms with Gasteiger partial charge in [-0.15, -0.1) is 0 Å². The van der Waals surface area contributed by atoms with Crippen molar-refractivity contribution in [2.75, 3.05) is 0 Å². The predicted octanol–water partition coefficient (Wildman–Crippen LogP) is 6.80. The second-order valence-corrected chi connectivity index (χ2v) is 9.15. The van der Waals surface area contributed by atoms with Crippen molar-refractivity contribution in [2.24, 2.45) is 7.05 Å². The third kappa shape index (κ3) is 3.35. The fourth-order valence-corrected chi connectivity index (χ4v) is 4.89. The normalized spacial score (nSPS) is 13.1. The molecule has 0 spiro atoms. The molecule has 2 heterocycles. The molecule has 3 aromatic carbocycles. The Morgan fingerprint density at radius 3 is 1.97 bits per heavy atom. The number of benzene rings is 3. The number of allylic oxidation sites excluding steroid dienone is 1. The molecule has 1 aliphatic carbocycles. The number of Topliss-reactive ketones (excluding diaryl/α,β-unsaturated/α-hetero) is 2. The maximum atomic E-state index is 13.1. The van der Waals surface area contributed by atoms with Crippen LogP contribution < -0.4 is 0 Å². The molecule has 170 valence electrons. The van der Waals surface area contributed by atoms with Crippen molar-refractivity contribution in [3.05, 3.63) is 111 Å². The number of para-hydroxylation sites is 1. The first-order valence-electron chi connectivity index (χ1n) is 10.9. The van der Waals surface area contributed by atoms with Gasteiger partial charge in [-0.2, -0.15) is 0 Å². The Hall–Kier alpha value is -3.93. The van der Waals surface area contributed by atoms with Gasteiger partial charge >= 0.3 is 0 Å². The topological polar surface area (TPSA) is 56.9 Å². The highest BCUT2D eigenvalue weighted by Gasteiger charge is 2.34. The fraction of sp³-hybridized carbons (Fsp3) is 0.0357. The van der Waals surface area contributed by atoms with Gasteiger partial charge in [0, 0.05) is 23.9 Å². The number of carbonyl (C=O) groups is 2. The van der Waals surface area contributed by atoms with Crippen LogP contribution in [0.15, 0.2) is 84.4 Å². The van der Waals surface area contributed by atoms with E-state index in [0.717, 1.165) is 28.1 Å². The maximum absolute atomic E-state index is 13.1. The highest BCUT2D eigenvalue weighted by atomic mass is 35.5. The summed E-state index contributed by atoms with van der Waals surface area (Å²) in [6.07, 6.45) is 1.56. The molecule has 1 aliphatic rings. The van der Waals surface area contributed by atoms with Crippen molar-refractivity contribution in [1.29, 1.82) is 0 Å². The molecule has 0 atom stereocenters. The van der Waals surface area contributed by atoms with E-state index in [0.29, 0.717) is 5.82 Å². The van der Waals surface area contributed by atoms with Crippen molar-refractivity contribution < 1.29 is 9.59 Å². The van der Waals surface area contributed by atoms with E-state index in [-0.39, 0.29) is 38.3 Å². The SMILES string of the molecule is Cn1c(-c2ccccc2)cc2c1nc(C=C1C(=O)c3cc(Cl)c(Cl)cc3C1=O)n2-c1ccccc1. The lowest BCUT2D eigenvalue weighted by Crippen LogP contribution is -2.03. The van der Waals surface area contributed by atoms with E-state index in [4.69, 9.17) is 28.2 Å². The number of hydrogen-bond acceptors (Lipinski definition) is 3. The lowest BCUT2D eigenvalue weighted by molar-refractivity contribution is 0.0990. The van der Waals surface area contributed by atoms with E-state index in [9.17, 15) is 9.59 Å². The number of aryl methyl sites for hydroxylation is 1. The van der Waals surface area contributed by atoms with Gasteiger partial charge in [-0.05, 0) is 42.0 Å². The molecule has 0 N–H and O–H groups in total. The molecule has 5 nitrogen and oxygen atoms in total. The number of aromatic nitrogens is 3. The zero-order valence-corrected chi connectivity index (χ0v) is 20.0. The molecule has 0 fully saturated rings. The first-order chi connectivity index (χ1) is 16.9. The van der Waals surface area contributed by atoms with Gasteiger partial charge in [0.1, 0.15) is 5.82 Å². The Labute approximate surface area is 210 Å². The second kappa shape index (κ2) is 8.08. The summed E-state index contributed by atoms with van der Waals surface area (Å²) in [6.45, 7) is 0. The van der Waals surface area contributed by atoms with E-state index in [1.165, 1.54) is 12.1 Å². The van der Waals surface area contributed by atoms with E-state index >= 15 is 0 Å². The smallest absolute Gasteiger partial charge is 0.197 e. The van der Waals surface area contributed by atoms with Crippen molar-refractivity contribution in [2.45, 2.75) is 0 Å². The van der Waals surface area contributed by atoms with Crippen LogP contribution in [0.4, 0.5) is 0 Å². The van der Waals surface area contributed by atoms with E-state index in [1.807, 2.05) is 76.8 Å². The molecular formula is C28H17Cl2N3O2. The second-order valence-electron chi connectivity index (χ2n) is 8.33. The summed E-state index contributed by atoms with van der Waals surface area (Å²) >= 11 is 12.2. The zero-order valence-electron chi connectivity index (χ0n) is 18.5. The molecular weight excluding hydrogens is 481 g/mol. The van der Waals surface area contributed by atoms with Gasteiger partial charge in [-0.25, -0.2) is 4.98 Å². The maximum Gasteiger partial charge on any atom is 0.197 e. The molecule has 0 bridgehead atoms. The number of ketones is 2. The van der Waals surface area contributed by atoms with Crippen LogP contribution in [0.25, 0.3) is 34.2 Å². The van der Waals surface area contributed by atoms with Crippen molar-refractivity contribution in [3.63, 3.8) is 0 Å². The lowest BCUT2D eigenvalue weighted by atomic mass is 10.1. The van der Waals surface area contributed by atoms with Crippen LogP contribution in [0.3, 0.4) is 0 Å². The van der Waals surface area contributed by atoms with Crippen LogP contribution in [0.5, 0.6) is 0 Å². The van der Waals surface area contributed by atoms with Crippen molar-refractivity contribution in [1.82, 2.24) is 14.1 Å². The summed E-state index contributed by atoms with van der Waals surface area (Å²) in [5.41, 5.74) is 5.10. The van der Waals surface area contributed by atoms with Crippen LogP contribution in [-0.2, 0) is 7.05 Å². The third-order valence-corrected chi connectivity index (χ3v) is 6.99. The first-order valence-corrected chi connectivity index (χ1v) is 11.7. The molecule has 0 aliphatic heterocycles. The van der Waals surface area contributed by atoms with Gasteiger partial charge in [0.25, 0.3) is 0 Å². The Morgan fingerprint density at radius 1 is 0.800 bits per heavy atom. The fourth-order valence-electron chi connectivity index (χ4n) is 4.56. The molecule has 35 heavy (non-hydrogen) atoms. The molecule has 0 amide bonds. The molecule has 5 aromatic rings. The van der Waals surface area contributed by atoms with Gasteiger partial charge in [-0.1, -0.05) is 71.7 Å². The standard InChI is InChI=1S/C28H17Cl2N3O2/c1-32-23(16-8-4-2-5-9-16)15-24-28(32)31-25(33(24)17-10-6-3-7-11-17)14-20-26(34)18-12-21(29)22(30)13-19(18)27(20)35/h2-15H,1H3. The van der Waals surface area contributed by atoms with E-state index < -0.39 is 0 Å². The Bertz CT molecular complexity index is 1650. The van der Waals surface area contributed by atoms with Crippen LogP contribution in [0.1, 0.15) is 26.5 Å². The highest BCUT2D eigenvalue weighted by Crippen LogP contribution is 2.35. The van der Waals surface area contributed by atoms with E-state index in [2.05, 4.69) is 6.07 Å². The summed E-state index contributed by atoms with van der Waals surface area (Å²) in [6, 6.07) is 24.8. The minimum absolute atomic E-state index is 0.0362. The molecule has 0 saturated carbocycles. The first kappa shape index (κ1) is 21.6. The molecule has 0 radical (unpaired) electrons. The van der Waals surface area contributed by atoms with Crippen molar-refractivity contribution in [3.8, 4) is 16.9 Å². The van der Waals surface area contributed by atoms with Gasteiger partial charge in [0.05, 0.1) is 26.8 Å². The molecule has 6 rings (SSSR count). The molecule has 2 aromatic heterocycles. The Balaban J connectivity index is 1.57. The molecule has 7 heteroatoms. The van der Waals surface area contributed by atoms with Crippen LogP contribution >= 0.6 is 23.2 Å². The number of hydrogen-bond donors (Lipinski definition) is 0. The lowest BCUT2D eigenvalue weighted by Gasteiger charge is -2.07. The highest BCUT2D eigenvalue weighted by molar-refractivity contribution is 6.46. The minimum Gasteiger partial charge on any atom is -0.327 e. The van der Waals surface area contributed by atoms with Crippen LogP contribution in [-0.4, -0.2) is 25.7 Å². The third-order valence-electron chi connectivity index (χ3n) is 6.27. The summed E-state index contributed by atoms with van der Waals surface area (Å²) in [4.78, 5) is 31.2. The van der Waals surface area contributed by atoms with Gasteiger partial charge < -0.3 is 4.57 Å². The predicted molar refractivity (Wildman–Crippen MR) is 139 cm³/mol. The minimum atomic E-state index is -0.389. The van der Waals surface area contributed by atoms with Gasteiger partial charge in [0.15, 0.2) is 17.2 Å². The zero-order chi connectivity index (χ0) is 24.3. The largest absolute Gasteiger partial charge is 0.327 e. The van der Waals surface area contributed by atoms with E-state index in [1.54, 1.807) is 6.08 Å². The molecule has 0 unspecified atom stereocenters. The summed E-state index contributed by atoms with van der Waals surface area (Å²) in [5.74, 6) is -0.293. The number of halogens is 2. The average molecular weight is 498 g/mol. The monoisotopic (exact) mass is 497 g/mol. The number of nitrogens with zero attached hydrogens (tertiary/aromatic N) is 3. The quantitative estimate of drug-likeness (QED) is 0.203. The summed E-state index contributed by atoms with van der Waals surface area (Å²) in [5, 5.41) is 0.468. The van der Waals surface area contributed by atoms with Crippen LogP contribution in [0.2, 0.25) is 10.0 Å².